The van der Waals surface area contributed by atoms with Gasteiger partial charge < -0.3 is 15.0 Å². The molecule has 2 amide bonds. The Hall–Kier alpha value is -4.07. The van der Waals surface area contributed by atoms with Gasteiger partial charge in [-0.3, -0.25) is 9.59 Å². The molecule has 0 unspecified atom stereocenters. The molecule has 0 aliphatic rings. The summed E-state index contributed by atoms with van der Waals surface area (Å²) in [5.41, 5.74) is 2.04. The first-order valence-electron chi connectivity index (χ1n) is 9.06. The fourth-order valence-electron chi connectivity index (χ4n) is 2.92. The summed E-state index contributed by atoms with van der Waals surface area (Å²) in [6.07, 6.45) is 5.39. The zero-order chi connectivity index (χ0) is 21.1. The average molecular weight is 406 g/mol. The molecular weight excluding hydrogens is 390 g/mol. The van der Waals surface area contributed by atoms with Crippen molar-refractivity contribution in [2.75, 3.05) is 5.32 Å². The number of hydrogen-bond acceptors (Lipinski definition) is 3. The van der Waals surface area contributed by atoms with E-state index >= 15 is 0 Å². The van der Waals surface area contributed by atoms with Crippen molar-refractivity contribution in [1.29, 1.82) is 0 Å². The molecule has 150 valence electrons. The molecule has 0 aliphatic carbocycles. The summed E-state index contributed by atoms with van der Waals surface area (Å²) in [7, 11) is 0. The van der Waals surface area contributed by atoms with Crippen LogP contribution >= 0.6 is 0 Å². The first kappa shape index (κ1) is 19.3. The smallest absolute Gasteiger partial charge is 0.258 e. The highest BCUT2D eigenvalue weighted by Gasteiger charge is 2.13. The van der Waals surface area contributed by atoms with Gasteiger partial charge in [-0.2, -0.15) is 0 Å². The molecule has 0 saturated heterocycles. The van der Waals surface area contributed by atoms with Gasteiger partial charge in [0.15, 0.2) is 0 Å². The van der Waals surface area contributed by atoms with Crippen LogP contribution in [-0.2, 0) is 6.54 Å². The van der Waals surface area contributed by atoms with E-state index in [9.17, 15) is 18.4 Å². The van der Waals surface area contributed by atoms with Gasteiger partial charge >= 0.3 is 0 Å². The van der Waals surface area contributed by atoms with Crippen molar-refractivity contribution in [3.63, 3.8) is 0 Å². The molecule has 6 nitrogen and oxygen atoms in total. The molecule has 0 aliphatic heterocycles. The monoisotopic (exact) mass is 406 g/mol. The van der Waals surface area contributed by atoms with Crippen LogP contribution < -0.4 is 10.6 Å². The molecule has 4 rings (SSSR count). The minimum atomic E-state index is -0.821. The van der Waals surface area contributed by atoms with Crippen LogP contribution in [0.3, 0.4) is 0 Å². The van der Waals surface area contributed by atoms with E-state index < -0.39 is 23.1 Å². The quantitative estimate of drug-likeness (QED) is 0.530. The summed E-state index contributed by atoms with van der Waals surface area (Å²) in [5, 5.41) is 5.30. The van der Waals surface area contributed by atoms with Crippen molar-refractivity contribution >= 4 is 23.1 Å². The topological polar surface area (TPSA) is 75.5 Å². The molecule has 0 radical (unpaired) electrons. The van der Waals surface area contributed by atoms with Crippen molar-refractivity contribution in [2.45, 2.75) is 6.54 Å². The van der Waals surface area contributed by atoms with Gasteiger partial charge in [0.25, 0.3) is 11.8 Å². The van der Waals surface area contributed by atoms with E-state index in [0.29, 0.717) is 17.8 Å². The summed E-state index contributed by atoms with van der Waals surface area (Å²) in [6.45, 7) is 0.333. The summed E-state index contributed by atoms with van der Waals surface area (Å²) >= 11 is 0. The summed E-state index contributed by atoms with van der Waals surface area (Å²) < 4.78 is 28.8. The van der Waals surface area contributed by atoms with Crippen molar-refractivity contribution in [3.05, 3.63) is 102 Å². The molecule has 2 aromatic carbocycles. The van der Waals surface area contributed by atoms with Gasteiger partial charge in [0, 0.05) is 36.4 Å². The van der Waals surface area contributed by atoms with Crippen LogP contribution in [0, 0.1) is 11.6 Å². The van der Waals surface area contributed by atoms with Gasteiger partial charge in [0.2, 0.25) is 0 Å². The molecule has 2 aromatic heterocycles. The maximum absolute atomic E-state index is 13.7. The highest BCUT2D eigenvalue weighted by atomic mass is 19.1. The lowest BCUT2D eigenvalue weighted by Gasteiger charge is -2.09. The van der Waals surface area contributed by atoms with E-state index in [0.717, 1.165) is 29.4 Å². The van der Waals surface area contributed by atoms with Crippen molar-refractivity contribution < 1.29 is 18.4 Å². The molecule has 0 spiro atoms. The minimum Gasteiger partial charge on any atom is -0.348 e. The third kappa shape index (κ3) is 4.17. The molecule has 0 atom stereocenters. The number of pyridine rings is 1. The fourth-order valence-corrected chi connectivity index (χ4v) is 2.92. The van der Waals surface area contributed by atoms with E-state index in [1.54, 1.807) is 6.20 Å². The molecule has 0 bridgehead atoms. The van der Waals surface area contributed by atoms with Gasteiger partial charge in [-0.05, 0) is 60.2 Å². The van der Waals surface area contributed by atoms with Gasteiger partial charge in [-0.15, -0.1) is 0 Å². The molecule has 30 heavy (non-hydrogen) atoms. The fraction of sp³-hybridized carbons (Fsp3) is 0.0455. The number of rotatable bonds is 5. The summed E-state index contributed by atoms with van der Waals surface area (Å²) in [4.78, 5) is 28.7. The second-order valence-electron chi connectivity index (χ2n) is 6.57. The molecule has 0 saturated carbocycles. The third-order valence-electron chi connectivity index (χ3n) is 4.49. The Morgan fingerprint density at radius 2 is 1.73 bits per heavy atom. The van der Waals surface area contributed by atoms with Crippen molar-refractivity contribution in [3.8, 4) is 0 Å². The molecule has 0 fully saturated rings. The predicted octanol–water partition coefficient (Wildman–Crippen LogP) is 3.79. The third-order valence-corrected chi connectivity index (χ3v) is 4.49. The van der Waals surface area contributed by atoms with E-state index in [4.69, 9.17) is 0 Å². The van der Waals surface area contributed by atoms with E-state index in [2.05, 4.69) is 15.6 Å². The highest BCUT2D eigenvalue weighted by molar-refractivity contribution is 6.04. The molecule has 4 aromatic rings. The molecular formula is C22H16F2N4O2. The van der Waals surface area contributed by atoms with Crippen LogP contribution in [0.15, 0.2) is 73.2 Å². The van der Waals surface area contributed by atoms with Crippen molar-refractivity contribution in [1.82, 2.24) is 14.7 Å². The van der Waals surface area contributed by atoms with Gasteiger partial charge in [-0.1, -0.05) is 0 Å². The number of imidazole rings is 1. The second kappa shape index (κ2) is 8.12. The molecule has 2 heterocycles. The maximum Gasteiger partial charge on any atom is 0.258 e. The van der Waals surface area contributed by atoms with Crippen LogP contribution in [0.4, 0.5) is 14.5 Å². The van der Waals surface area contributed by atoms with E-state index in [1.165, 1.54) is 24.3 Å². The SMILES string of the molecule is O=C(NCc1ccn2ccnc2c1)c1ccc(NC(=O)c2cc(F)ccc2F)cc1. The summed E-state index contributed by atoms with van der Waals surface area (Å²) in [6, 6.07) is 12.5. The first-order valence-corrected chi connectivity index (χ1v) is 9.06. The summed E-state index contributed by atoms with van der Waals surface area (Å²) in [5.74, 6) is -2.59. The van der Waals surface area contributed by atoms with E-state index in [1.807, 2.05) is 28.9 Å². The zero-order valence-electron chi connectivity index (χ0n) is 15.6. The average Bonchev–Trinajstić information content (AvgIpc) is 3.22. The van der Waals surface area contributed by atoms with Crippen LogP contribution in [0.1, 0.15) is 26.3 Å². The lowest BCUT2D eigenvalue weighted by Crippen LogP contribution is -2.22. The van der Waals surface area contributed by atoms with Crippen LogP contribution in [0.25, 0.3) is 5.65 Å². The Morgan fingerprint density at radius 1 is 0.933 bits per heavy atom. The van der Waals surface area contributed by atoms with Crippen LogP contribution in [-0.4, -0.2) is 21.2 Å². The number of nitrogens with one attached hydrogen (secondary N) is 2. The normalized spacial score (nSPS) is 10.7. The zero-order valence-corrected chi connectivity index (χ0v) is 15.6. The minimum absolute atomic E-state index is 0.285. The van der Waals surface area contributed by atoms with Gasteiger partial charge in [0.05, 0.1) is 5.56 Å². The van der Waals surface area contributed by atoms with Crippen molar-refractivity contribution in [2.24, 2.45) is 0 Å². The Kier molecular flexibility index (Phi) is 5.21. The Morgan fingerprint density at radius 3 is 2.53 bits per heavy atom. The Labute approximate surface area is 170 Å². The molecule has 2 N–H and O–H groups in total. The van der Waals surface area contributed by atoms with Gasteiger partial charge in [0.1, 0.15) is 17.3 Å². The maximum atomic E-state index is 13.7. The number of fused-ring (bicyclic) bond motifs is 1. The van der Waals surface area contributed by atoms with E-state index in [-0.39, 0.29) is 5.91 Å². The number of benzene rings is 2. The number of carbonyl (C=O) groups is 2. The Balaban J connectivity index is 1.38. The molecule has 8 heteroatoms. The van der Waals surface area contributed by atoms with Gasteiger partial charge in [-0.25, -0.2) is 13.8 Å². The number of anilines is 1. The largest absolute Gasteiger partial charge is 0.348 e. The Bertz CT molecular complexity index is 1240. The second-order valence-corrected chi connectivity index (χ2v) is 6.57. The lowest BCUT2D eigenvalue weighted by molar-refractivity contribution is 0.0950. The number of halogens is 2. The van der Waals surface area contributed by atoms with Crippen LogP contribution in [0.5, 0.6) is 0 Å². The predicted molar refractivity (Wildman–Crippen MR) is 107 cm³/mol. The number of carbonyl (C=O) groups excluding carboxylic acids is 2. The first-order chi connectivity index (χ1) is 14.5. The number of nitrogens with zero attached hydrogens (tertiary/aromatic N) is 2. The lowest BCUT2D eigenvalue weighted by atomic mass is 10.1. The highest BCUT2D eigenvalue weighted by Crippen LogP contribution is 2.15. The van der Waals surface area contributed by atoms with Crippen LogP contribution in [0.2, 0.25) is 0 Å². The number of amides is 2. The standard InChI is InChI=1S/C22H16F2N4O2/c23-16-3-6-19(24)18(12-16)22(30)27-17-4-1-15(2-5-17)21(29)26-13-14-7-9-28-10-8-25-20(28)11-14/h1-12H,13H2,(H,26,29)(H,27,30). The number of hydrogen-bond donors (Lipinski definition) is 2. The number of aromatic nitrogens is 2.